The normalized spacial score (nSPS) is 12.6. The Hall–Kier alpha value is -0.610. The molecule has 1 amide bonds. The van der Waals surface area contributed by atoms with Crippen LogP contribution in [0.25, 0.3) is 0 Å². The second kappa shape index (κ2) is 6.86. The van der Waals surface area contributed by atoms with Crippen molar-refractivity contribution in [2.75, 3.05) is 27.7 Å². The molecule has 78 valence electrons. The molecule has 0 rings (SSSR count). The van der Waals surface area contributed by atoms with Gasteiger partial charge in [-0.2, -0.15) is 0 Å². The van der Waals surface area contributed by atoms with E-state index in [9.17, 15) is 4.79 Å². The van der Waals surface area contributed by atoms with Crippen molar-refractivity contribution in [1.82, 2.24) is 10.2 Å². The summed E-state index contributed by atoms with van der Waals surface area (Å²) in [6.07, 6.45) is 2.85. The standard InChI is InChI=1S/C9H21N3O/c1-11-7-5-4-6-8(10)9(13)12(2)3/h8,11H,4-7,10H2,1-3H3/t8-/m0/s1. The van der Waals surface area contributed by atoms with Gasteiger partial charge >= 0.3 is 0 Å². The minimum absolute atomic E-state index is 0.0180. The molecule has 0 bridgehead atoms. The van der Waals surface area contributed by atoms with Crippen LogP contribution in [0.1, 0.15) is 19.3 Å². The Morgan fingerprint density at radius 1 is 1.46 bits per heavy atom. The summed E-state index contributed by atoms with van der Waals surface area (Å²) in [6, 6.07) is -0.327. The van der Waals surface area contributed by atoms with Crippen LogP contribution in [0.4, 0.5) is 0 Å². The third-order valence-electron chi connectivity index (χ3n) is 1.95. The molecule has 0 saturated heterocycles. The van der Waals surface area contributed by atoms with Crippen LogP contribution in [-0.2, 0) is 4.79 Å². The van der Waals surface area contributed by atoms with Crippen molar-refractivity contribution in [3.05, 3.63) is 0 Å². The Morgan fingerprint density at radius 3 is 2.54 bits per heavy atom. The van der Waals surface area contributed by atoms with E-state index in [4.69, 9.17) is 5.73 Å². The fourth-order valence-corrected chi connectivity index (χ4v) is 1.12. The van der Waals surface area contributed by atoms with E-state index in [0.717, 1.165) is 25.8 Å². The summed E-state index contributed by atoms with van der Waals surface area (Å²) in [5, 5.41) is 3.06. The van der Waals surface area contributed by atoms with Gasteiger partial charge in [0.1, 0.15) is 0 Å². The fraction of sp³-hybridized carbons (Fsp3) is 0.889. The Bertz CT molecular complexity index is 148. The van der Waals surface area contributed by atoms with E-state index >= 15 is 0 Å². The number of carbonyl (C=O) groups excluding carboxylic acids is 1. The Morgan fingerprint density at radius 2 is 2.08 bits per heavy atom. The average molecular weight is 187 g/mol. The van der Waals surface area contributed by atoms with E-state index in [1.165, 1.54) is 0 Å². The van der Waals surface area contributed by atoms with Crippen LogP contribution in [0, 0.1) is 0 Å². The predicted molar refractivity (Wildman–Crippen MR) is 54.4 cm³/mol. The average Bonchev–Trinajstić information content (AvgIpc) is 2.10. The molecule has 0 fully saturated rings. The van der Waals surface area contributed by atoms with Gasteiger partial charge in [0, 0.05) is 14.1 Å². The van der Waals surface area contributed by atoms with Crippen LogP contribution in [0.3, 0.4) is 0 Å². The van der Waals surface area contributed by atoms with Gasteiger partial charge in [0.15, 0.2) is 0 Å². The fourth-order valence-electron chi connectivity index (χ4n) is 1.12. The minimum atomic E-state index is -0.327. The first kappa shape index (κ1) is 12.4. The highest BCUT2D eigenvalue weighted by atomic mass is 16.2. The molecule has 0 radical (unpaired) electrons. The van der Waals surface area contributed by atoms with Crippen molar-refractivity contribution in [3.63, 3.8) is 0 Å². The van der Waals surface area contributed by atoms with Crippen molar-refractivity contribution < 1.29 is 4.79 Å². The number of nitrogens with zero attached hydrogens (tertiary/aromatic N) is 1. The summed E-state index contributed by atoms with van der Waals surface area (Å²) in [7, 11) is 5.39. The maximum Gasteiger partial charge on any atom is 0.238 e. The molecular formula is C9H21N3O. The largest absolute Gasteiger partial charge is 0.347 e. The van der Waals surface area contributed by atoms with Crippen molar-refractivity contribution in [3.8, 4) is 0 Å². The number of amides is 1. The monoisotopic (exact) mass is 187 g/mol. The number of hydrogen-bond donors (Lipinski definition) is 2. The molecule has 1 atom stereocenters. The third kappa shape index (κ3) is 5.60. The van der Waals surface area contributed by atoms with Crippen LogP contribution in [0.5, 0.6) is 0 Å². The molecule has 0 aliphatic carbocycles. The van der Waals surface area contributed by atoms with Gasteiger partial charge in [0.2, 0.25) is 5.91 Å². The summed E-state index contributed by atoms with van der Waals surface area (Å²) >= 11 is 0. The lowest BCUT2D eigenvalue weighted by molar-refractivity contribution is -0.130. The molecule has 4 nitrogen and oxygen atoms in total. The number of rotatable bonds is 6. The Kier molecular flexibility index (Phi) is 6.54. The van der Waals surface area contributed by atoms with Gasteiger partial charge in [0.25, 0.3) is 0 Å². The smallest absolute Gasteiger partial charge is 0.238 e. The zero-order valence-corrected chi connectivity index (χ0v) is 8.84. The molecule has 0 aromatic carbocycles. The van der Waals surface area contributed by atoms with Crippen LogP contribution in [0.15, 0.2) is 0 Å². The van der Waals surface area contributed by atoms with Crippen molar-refractivity contribution in [2.45, 2.75) is 25.3 Å². The summed E-state index contributed by atoms with van der Waals surface area (Å²) in [5.41, 5.74) is 5.69. The zero-order chi connectivity index (χ0) is 10.3. The summed E-state index contributed by atoms with van der Waals surface area (Å²) in [5.74, 6) is 0.0180. The quantitative estimate of drug-likeness (QED) is 0.566. The van der Waals surface area contributed by atoms with Gasteiger partial charge in [-0.3, -0.25) is 4.79 Å². The highest BCUT2D eigenvalue weighted by Gasteiger charge is 2.13. The summed E-state index contributed by atoms with van der Waals surface area (Å²) in [4.78, 5) is 12.8. The van der Waals surface area contributed by atoms with Gasteiger partial charge in [-0.05, 0) is 26.4 Å². The molecule has 0 aliphatic rings. The van der Waals surface area contributed by atoms with E-state index < -0.39 is 0 Å². The molecule has 0 unspecified atom stereocenters. The van der Waals surface area contributed by atoms with Gasteiger partial charge in [-0.25, -0.2) is 0 Å². The Balaban J connectivity index is 3.50. The molecule has 0 heterocycles. The summed E-state index contributed by atoms with van der Waals surface area (Å²) < 4.78 is 0. The molecule has 4 heteroatoms. The minimum Gasteiger partial charge on any atom is -0.347 e. The molecule has 0 aromatic heterocycles. The highest BCUT2D eigenvalue weighted by Crippen LogP contribution is 2.00. The number of hydrogen-bond acceptors (Lipinski definition) is 3. The third-order valence-corrected chi connectivity index (χ3v) is 1.95. The lowest BCUT2D eigenvalue weighted by Gasteiger charge is -2.16. The topological polar surface area (TPSA) is 58.4 Å². The molecule has 0 saturated carbocycles. The van der Waals surface area contributed by atoms with Gasteiger partial charge in [-0.1, -0.05) is 6.42 Å². The maximum atomic E-state index is 11.3. The number of unbranched alkanes of at least 4 members (excludes halogenated alkanes) is 1. The number of carbonyl (C=O) groups is 1. The first-order valence-electron chi connectivity index (χ1n) is 4.71. The van der Waals surface area contributed by atoms with E-state index in [1.807, 2.05) is 7.05 Å². The van der Waals surface area contributed by atoms with Gasteiger partial charge < -0.3 is 16.0 Å². The second-order valence-corrected chi connectivity index (χ2v) is 3.44. The van der Waals surface area contributed by atoms with E-state index in [0.29, 0.717) is 0 Å². The van der Waals surface area contributed by atoms with E-state index in [-0.39, 0.29) is 11.9 Å². The zero-order valence-electron chi connectivity index (χ0n) is 8.84. The first-order chi connectivity index (χ1) is 6.09. The summed E-state index contributed by atoms with van der Waals surface area (Å²) in [6.45, 7) is 0.989. The highest BCUT2D eigenvalue weighted by molar-refractivity contribution is 5.80. The molecule has 0 spiro atoms. The van der Waals surface area contributed by atoms with Gasteiger partial charge in [-0.15, -0.1) is 0 Å². The number of nitrogens with one attached hydrogen (secondary N) is 1. The van der Waals surface area contributed by atoms with Crippen LogP contribution in [-0.4, -0.2) is 44.5 Å². The molecule has 3 N–H and O–H groups in total. The first-order valence-corrected chi connectivity index (χ1v) is 4.71. The SMILES string of the molecule is CNCCCC[C@H](N)C(=O)N(C)C. The lowest BCUT2D eigenvalue weighted by Crippen LogP contribution is -2.39. The molecule has 13 heavy (non-hydrogen) atoms. The number of nitrogens with two attached hydrogens (primary N) is 1. The Labute approximate surface area is 80.5 Å². The molecule has 0 aromatic rings. The molecule has 0 aliphatic heterocycles. The van der Waals surface area contributed by atoms with Crippen LogP contribution >= 0.6 is 0 Å². The lowest BCUT2D eigenvalue weighted by atomic mass is 10.1. The van der Waals surface area contributed by atoms with Crippen LogP contribution < -0.4 is 11.1 Å². The number of likely N-dealkylation sites (N-methyl/N-ethyl adjacent to an activating group) is 1. The van der Waals surface area contributed by atoms with E-state index in [2.05, 4.69) is 5.32 Å². The van der Waals surface area contributed by atoms with Crippen LogP contribution in [0.2, 0.25) is 0 Å². The molecular weight excluding hydrogens is 166 g/mol. The van der Waals surface area contributed by atoms with Crippen molar-refractivity contribution in [1.29, 1.82) is 0 Å². The second-order valence-electron chi connectivity index (χ2n) is 3.44. The van der Waals surface area contributed by atoms with Crippen molar-refractivity contribution >= 4 is 5.91 Å². The predicted octanol–water partition coefficient (Wildman–Crippen LogP) is -0.208. The van der Waals surface area contributed by atoms with Crippen molar-refractivity contribution in [2.24, 2.45) is 5.73 Å². The van der Waals surface area contributed by atoms with E-state index in [1.54, 1.807) is 19.0 Å². The maximum absolute atomic E-state index is 11.3. The van der Waals surface area contributed by atoms with Gasteiger partial charge in [0.05, 0.1) is 6.04 Å².